The number of nitrogens with zero attached hydrogens (tertiary/aromatic N) is 4. The van der Waals surface area contributed by atoms with Gasteiger partial charge < -0.3 is 15.4 Å². The Morgan fingerprint density at radius 2 is 1.69 bits per heavy atom. The van der Waals surface area contributed by atoms with Gasteiger partial charge in [-0.2, -0.15) is 36.4 Å². The molecule has 2 N–H and O–H groups in total. The van der Waals surface area contributed by atoms with Gasteiger partial charge in [-0.25, -0.2) is 9.18 Å². The smallest absolute Gasteiger partial charge is 0.367 e. The maximum atomic E-state index is 14.7. The largest absolute Gasteiger partial charge is 0.417 e. The summed E-state index contributed by atoms with van der Waals surface area (Å²) in [6.45, 7) is 6.11. The molecule has 0 radical (unpaired) electrons. The highest BCUT2D eigenvalue weighted by Crippen LogP contribution is 2.29. The monoisotopic (exact) mass is 796 g/mol. The Morgan fingerprint density at radius 3 is 2.27 bits per heavy atom. The highest BCUT2D eigenvalue weighted by molar-refractivity contribution is 8.14. The number of hydrogen-bond acceptors (Lipinski definition) is 7. The van der Waals surface area contributed by atoms with Crippen LogP contribution in [0.15, 0.2) is 65.8 Å². The van der Waals surface area contributed by atoms with Gasteiger partial charge in [0.2, 0.25) is 0 Å². The van der Waals surface area contributed by atoms with Crippen molar-refractivity contribution in [1.82, 2.24) is 14.8 Å². The van der Waals surface area contributed by atoms with Crippen LogP contribution in [0.1, 0.15) is 66.4 Å². The third kappa shape index (κ3) is 14.6. The molecule has 0 atom stereocenters. The predicted octanol–water partition coefficient (Wildman–Crippen LogP) is 9.58. The molecule has 0 aliphatic rings. The number of urea groups is 1. The van der Waals surface area contributed by atoms with Crippen molar-refractivity contribution in [3.8, 4) is 11.3 Å². The molecule has 0 saturated heterocycles. The number of anilines is 2. The minimum Gasteiger partial charge on any atom is -0.367 e. The van der Waals surface area contributed by atoms with Gasteiger partial charge in [0.1, 0.15) is 29.7 Å². The van der Waals surface area contributed by atoms with Crippen molar-refractivity contribution >= 4 is 46.0 Å². The standard InChI is InChI=1S/C24H22F4N6O3S.C13H17F3O/c1-4-16(35)12-38-13(2)30-23(37)31-18-7-5-14(9-17(18)25)20-10-21(34(3)33-20)32-22(36)19-8-6-15(11-29-19)24(26,27)28;1-3-4-11-5-6-12(10(2)7-11)8-17-9-13(14,15)16/h5-11H,4,12H2,1-3H3,(H,31,37)(H,32,36);5-7H,3-4,8-9H2,1-2H3/b30-13-;. The van der Waals surface area contributed by atoms with Crippen LogP contribution in [0.4, 0.5) is 47.0 Å². The van der Waals surface area contributed by atoms with E-state index in [-0.39, 0.29) is 41.0 Å². The van der Waals surface area contributed by atoms with Crippen LogP contribution in [0.3, 0.4) is 0 Å². The fourth-order valence-corrected chi connectivity index (χ4v) is 5.35. The van der Waals surface area contributed by atoms with Gasteiger partial charge in [0.05, 0.1) is 34.3 Å². The minimum absolute atomic E-state index is 0.0117. The summed E-state index contributed by atoms with van der Waals surface area (Å²) < 4.78 is 94.4. The van der Waals surface area contributed by atoms with Crippen molar-refractivity contribution in [2.45, 2.75) is 65.9 Å². The maximum Gasteiger partial charge on any atom is 0.417 e. The molecular weight excluding hydrogens is 757 g/mol. The summed E-state index contributed by atoms with van der Waals surface area (Å²) in [5, 5.41) is 9.40. The van der Waals surface area contributed by atoms with Crippen molar-refractivity contribution < 1.29 is 49.9 Å². The van der Waals surface area contributed by atoms with E-state index in [2.05, 4.69) is 37.4 Å². The molecule has 296 valence electrons. The van der Waals surface area contributed by atoms with E-state index in [0.717, 1.165) is 53.9 Å². The number of alkyl halides is 6. The quantitative estimate of drug-likeness (QED) is 0.0831. The van der Waals surface area contributed by atoms with E-state index in [4.69, 9.17) is 0 Å². The number of aryl methyl sites for hydroxylation is 3. The summed E-state index contributed by atoms with van der Waals surface area (Å²) in [5.41, 5.74) is 2.28. The highest BCUT2D eigenvalue weighted by Gasteiger charge is 2.31. The molecule has 4 aromatic rings. The van der Waals surface area contributed by atoms with Gasteiger partial charge in [0, 0.05) is 31.3 Å². The van der Waals surface area contributed by atoms with Crippen LogP contribution in [0, 0.1) is 12.7 Å². The SMILES string of the molecule is CCC(=O)CS/C(C)=N\C(=O)Nc1ccc(-c2cc(NC(=O)c3ccc(C(F)(F)F)cn3)n(C)n2)cc1F.CCCc1ccc(COCC(F)(F)F)c(C)c1. The van der Waals surface area contributed by atoms with Gasteiger partial charge >= 0.3 is 18.4 Å². The van der Waals surface area contributed by atoms with Crippen LogP contribution in [0.2, 0.25) is 0 Å². The molecule has 0 aliphatic heterocycles. The lowest BCUT2D eigenvalue weighted by molar-refractivity contribution is -0.176. The van der Waals surface area contributed by atoms with Crippen molar-refractivity contribution in [1.29, 1.82) is 0 Å². The Kier molecular flexibility index (Phi) is 16.1. The zero-order valence-electron chi connectivity index (χ0n) is 30.5. The number of halogens is 7. The van der Waals surface area contributed by atoms with Crippen LogP contribution in [-0.4, -0.2) is 56.1 Å². The van der Waals surface area contributed by atoms with E-state index in [9.17, 15) is 45.1 Å². The van der Waals surface area contributed by atoms with Gasteiger partial charge in [-0.05, 0) is 61.2 Å². The summed E-state index contributed by atoms with van der Waals surface area (Å²) in [6.07, 6.45) is -5.84. The molecule has 10 nitrogen and oxygen atoms in total. The van der Waals surface area contributed by atoms with E-state index < -0.39 is 42.3 Å². The average Bonchev–Trinajstić information content (AvgIpc) is 3.47. The number of ether oxygens (including phenoxy) is 1. The number of Topliss-reactive ketones (excluding diaryl/α,β-unsaturated/α-hetero) is 1. The summed E-state index contributed by atoms with van der Waals surface area (Å²) in [5.74, 6) is -1.13. The van der Waals surface area contributed by atoms with Crippen LogP contribution in [-0.2, 0) is 35.8 Å². The fourth-order valence-electron chi connectivity index (χ4n) is 4.62. The molecule has 0 aliphatic carbocycles. The molecule has 0 fully saturated rings. The fraction of sp³-hybridized carbons (Fsp3) is 0.351. The van der Waals surface area contributed by atoms with Crippen molar-refractivity contribution in [2.75, 3.05) is 23.0 Å². The first kappa shape index (κ1) is 44.3. The van der Waals surface area contributed by atoms with Gasteiger partial charge in [-0.15, -0.1) is 11.8 Å². The minimum atomic E-state index is -4.58. The molecule has 0 saturated carbocycles. The second-order valence-corrected chi connectivity index (χ2v) is 13.1. The number of carbonyl (C=O) groups excluding carboxylic acids is 3. The van der Waals surface area contributed by atoms with Gasteiger partial charge in [0.25, 0.3) is 5.91 Å². The van der Waals surface area contributed by atoms with Crippen molar-refractivity contribution in [3.05, 3.63) is 94.6 Å². The number of amides is 3. The Morgan fingerprint density at radius 1 is 0.964 bits per heavy atom. The third-order valence-corrected chi connectivity index (χ3v) is 8.49. The number of carbonyl (C=O) groups is 3. The normalized spacial score (nSPS) is 11.8. The lowest BCUT2D eigenvalue weighted by Gasteiger charge is -2.10. The summed E-state index contributed by atoms with van der Waals surface area (Å²) in [7, 11) is 1.51. The van der Waals surface area contributed by atoms with Crippen LogP contribution in [0.5, 0.6) is 0 Å². The first-order valence-corrected chi connectivity index (χ1v) is 17.7. The Hall–Kier alpha value is -5.10. The number of pyridine rings is 1. The lowest BCUT2D eigenvalue weighted by Crippen LogP contribution is -2.16. The molecule has 2 heterocycles. The number of rotatable bonds is 12. The summed E-state index contributed by atoms with van der Waals surface area (Å²) in [4.78, 5) is 43.2. The number of aromatic nitrogens is 3. The third-order valence-electron chi connectivity index (χ3n) is 7.52. The molecule has 0 spiro atoms. The molecule has 55 heavy (non-hydrogen) atoms. The van der Waals surface area contributed by atoms with E-state index in [1.165, 1.54) is 35.5 Å². The van der Waals surface area contributed by atoms with Crippen LogP contribution < -0.4 is 10.6 Å². The van der Waals surface area contributed by atoms with Crippen LogP contribution in [0.25, 0.3) is 11.3 Å². The van der Waals surface area contributed by atoms with Gasteiger partial charge in [-0.3, -0.25) is 19.3 Å². The van der Waals surface area contributed by atoms with Crippen LogP contribution >= 0.6 is 11.8 Å². The summed E-state index contributed by atoms with van der Waals surface area (Å²) in [6, 6.07) is 12.1. The molecule has 2 aromatic heterocycles. The topological polar surface area (TPSA) is 128 Å². The summed E-state index contributed by atoms with van der Waals surface area (Å²) >= 11 is 1.12. The molecular formula is C37H39F7N6O4S. The number of aliphatic imine (C=N–C) groups is 1. The van der Waals surface area contributed by atoms with E-state index >= 15 is 0 Å². The Labute approximate surface area is 317 Å². The maximum absolute atomic E-state index is 14.7. The number of hydrogen-bond donors (Lipinski definition) is 2. The van der Waals surface area contributed by atoms with Crippen molar-refractivity contribution in [3.63, 3.8) is 0 Å². The van der Waals surface area contributed by atoms with E-state index in [1.54, 1.807) is 13.8 Å². The first-order valence-electron chi connectivity index (χ1n) is 16.7. The number of benzene rings is 2. The average molecular weight is 797 g/mol. The number of ketones is 1. The molecule has 4 rings (SSSR count). The number of nitrogens with one attached hydrogen (secondary N) is 2. The zero-order chi connectivity index (χ0) is 40.9. The van der Waals surface area contributed by atoms with Crippen molar-refractivity contribution in [2.24, 2.45) is 12.0 Å². The Bertz CT molecular complexity index is 1980. The van der Waals surface area contributed by atoms with Gasteiger partial charge in [0.15, 0.2) is 0 Å². The van der Waals surface area contributed by atoms with Gasteiger partial charge in [-0.1, -0.05) is 44.5 Å². The Balaban J connectivity index is 0.000000399. The second-order valence-electron chi connectivity index (χ2n) is 12.0. The molecule has 0 unspecified atom stereocenters. The molecule has 3 amide bonds. The van der Waals surface area contributed by atoms with E-state index in [0.29, 0.717) is 23.2 Å². The zero-order valence-corrected chi connectivity index (χ0v) is 31.3. The first-order chi connectivity index (χ1) is 25.8. The molecule has 18 heteroatoms. The predicted molar refractivity (Wildman–Crippen MR) is 197 cm³/mol. The van der Waals surface area contributed by atoms with E-state index in [1.807, 2.05) is 25.1 Å². The number of thioether (sulfide) groups is 1. The highest BCUT2D eigenvalue weighted by atomic mass is 32.2. The lowest BCUT2D eigenvalue weighted by atomic mass is 10.0. The molecule has 0 bridgehead atoms. The second kappa shape index (κ2) is 20.0. The molecule has 2 aromatic carbocycles.